The summed E-state index contributed by atoms with van der Waals surface area (Å²) in [5.74, 6) is -1.04. The Labute approximate surface area is 148 Å². The molecule has 0 fully saturated rings. The largest absolute Gasteiger partial charge is 0.507 e. The Morgan fingerprint density at radius 1 is 0.667 bits per heavy atom. The quantitative estimate of drug-likeness (QED) is 0.582. The Balaban J connectivity index is 0.000000271. The van der Waals surface area contributed by atoms with Crippen molar-refractivity contribution in [2.45, 2.75) is 6.92 Å². The van der Waals surface area contributed by atoms with Gasteiger partial charge >= 0.3 is 22.7 Å². The molecule has 14 heteroatoms. The summed E-state index contributed by atoms with van der Waals surface area (Å²) in [5.41, 5.74) is -3.00. The van der Waals surface area contributed by atoms with Crippen molar-refractivity contribution in [3.8, 4) is 11.5 Å². The standard InChI is InChI=1S/C7H6N2O5.C6H4N2O5/c1-4-6(10)3-2-5(8(11)12)7(4)9(13)14;9-5-3-1-2-4(7(10)11)6(5)8(12)13/h2-3,10H,1H3;1-3,9H. The number of benzene rings is 2. The molecule has 0 amide bonds. The van der Waals surface area contributed by atoms with Gasteiger partial charge in [-0.3, -0.25) is 40.5 Å². The van der Waals surface area contributed by atoms with Crippen LogP contribution >= 0.6 is 0 Å². The first kappa shape index (κ1) is 20.7. The maximum atomic E-state index is 10.5. The second-order valence-corrected chi connectivity index (χ2v) is 4.75. The van der Waals surface area contributed by atoms with Crippen LogP contribution in [0.1, 0.15) is 5.56 Å². The molecule has 142 valence electrons. The summed E-state index contributed by atoms with van der Waals surface area (Å²) in [5, 5.41) is 59.5. The van der Waals surface area contributed by atoms with Crippen LogP contribution in [0.2, 0.25) is 0 Å². The Bertz CT molecular complexity index is 943. The minimum Gasteiger partial charge on any atom is -0.507 e. The minimum atomic E-state index is -0.993. The molecule has 0 bridgehead atoms. The van der Waals surface area contributed by atoms with Crippen molar-refractivity contribution in [2.75, 3.05) is 0 Å². The fourth-order valence-electron chi connectivity index (χ4n) is 1.91. The van der Waals surface area contributed by atoms with Crippen molar-refractivity contribution < 1.29 is 29.9 Å². The highest BCUT2D eigenvalue weighted by atomic mass is 16.6. The van der Waals surface area contributed by atoms with E-state index in [4.69, 9.17) is 10.2 Å². The van der Waals surface area contributed by atoms with Gasteiger partial charge in [-0.15, -0.1) is 0 Å². The van der Waals surface area contributed by atoms with Gasteiger partial charge in [0.15, 0.2) is 0 Å². The Morgan fingerprint density at radius 2 is 1.15 bits per heavy atom. The lowest BCUT2D eigenvalue weighted by Gasteiger charge is -2.00. The monoisotopic (exact) mass is 382 g/mol. The van der Waals surface area contributed by atoms with Crippen LogP contribution in [0.5, 0.6) is 11.5 Å². The summed E-state index contributed by atoms with van der Waals surface area (Å²) < 4.78 is 0. The molecule has 0 atom stereocenters. The molecule has 0 radical (unpaired) electrons. The van der Waals surface area contributed by atoms with Crippen molar-refractivity contribution >= 4 is 22.7 Å². The van der Waals surface area contributed by atoms with E-state index < -0.39 is 48.2 Å². The molecule has 2 N–H and O–H groups in total. The van der Waals surface area contributed by atoms with Crippen molar-refractivity contribution in [2.24, 2.45) is 0 Å². The predicted molar refractivity (Wildman–Crippen MR) is 87.6 cm³/mol. The van der Waals surface area contributed by atoms with E-state index in [0.717, 1.165) is 24.3 Å². The number of hydrogen-bond donors (Lipinski definition) is 2. The van der Waals surface area contributed by atoms with E-state index in [9.17, 15) is 40.5 Å². The minimum absolute atomic E-state index is 0.107. The number of phenolic OH excluding ortho intramolecular Hbond substituents is 2. The lowest BCUT2D eigenvalue weighted by Crippen LogP contribution is -1.98. The van der Waals surface area contributed by atoms with Gasteiger partial charge in [0.25, 0.3) is 0 Å². The molecule has 2 aromatic carbocycles. The molecule has 14 nitrogen and oxygen atoms in total. The van der Waals surface area contributed by atoms with Crippen LogP contribution in [-0.4, -0.2) is 29.9 Å². The molecule has 0 aliphatic carbocycles. The summed E-state index contributed by atoms with van der Waals surface area (Å²) in [4.78, 5) is 37.8. The van der Waals surface area contributed by atoms with E-state index in [2.05, 4.69) is 0 Å². The van der Waals surface area contributed by atoms with E-state index in [1.807, 2.05) is 0 Å². The Kier molecular flexibility index (Phi) is 6.24. The molecule has 2 aromatic rings. The fourth-order valence-corrected chi connectivity index (χ4v) is 1.91. The average molecular weight is 382 g/mol. The molecule has 27 heavy (non-hydrogen) atoms. The number of nitrogens with zero attached hydrogens (tertiary/aromatic N) is 4. The maximum absolute atomic E-state index is 10.5. The highest BCUT2D eigenvalue weighted by Gasteiger charge is 2.28. The number of nitro groups is 4. The van der Waals surface area contributed by atoms with Crippen molar-refractivity contribution in [3.63, 3.8) is 0 Å². The molecular formula is C13H10N4O10. The van der Waals surface area contributed by atoms with Crippen LogP contribution in [0.3, 0.4) is 0 Å². The van der Waals surface area contributed by atoms with Gasteiger partial charge in [0.2, 0.25) is 5.75 Å². The van der Waals surface area contributed by atoms with Gasteiger partial charge < -0.3 is 10.2 Å². The highest BCUT2D eigenvalue weighted by Crippen LogP contribution is 2.35. The van der Waals surface area contributed by atoms with Gasteiger partial charge in [0, 0.05) is 12.1 Å². The number of phenols is 2. The zero-order chi connectivity index (χ0) is 20.9. The molecule has 2 rings (SSSR count). The van der Waals surface area contributed by atoms with Crippen molar-refractivity contribution in [3.05, 3.63) is 76.4 Å². The topological polar surface area (TPSA) is 213 Å². The summed E-state index contributed by atoms with van der Waals surface area (Å²) in [6.45, 7) is 1.25. The van der Waals surface area contributed by atoms with Gasteiger partial charge in [-0.2, -0.15) is 0 Å². The second-order valence-electron chi connectivity index (χ2n) is 4.75. The summed E-state index contributed by atoms with van der Waals surface area (Å²) >= 11 is 0. The normalized spacial score (nSPS) is 9.67. The number of para-hydroxylation sites is 1. The van der Waals surface area contributed by atoms with Crippen LogP contribution in [0, 0.1) is 47.4 Å². The molecule has 0 saturated carbocycles. The third-order valence-corrected chi connectivity index (χ3v) is 3.13. The third-order valence-electron chi connectivity index (χ3n) is 3.13. The summed E-state index contributed by atoms with van der Waals surface area (Å²) in [7, 11) is 0. The van der Waals surface area contributed by atoms with Gasteiger partial charge in [-0.25, -0.2) is 0 Å². The molecule has 0 aromatic heterocycles. The van der Waals surface area contributed by atoms with E-state index in [1.165, 1.54) is 13.0 Å². The zero-order valence-electron chi connectivity index (χ0n) is 13.3. The van der Waals surface area contributed by atoms with E-state index >= 15 is 0 Å². The van der Waals surface area contributed by atoms with Crippen LogP contribution < -0.4 is 0 Å². The SMILES string of the molecule is Cc1c(O)ccc([N+](=O)[O-])c1[N+](=O)[O-].O=[N+]([O-])c1cccc(O)c1[N+](=O)[O-]. The second kappa shape index (κ2) is 8.15. The third kappa shape index (κ3) is 4.59. The molecule has 0 heterocycles. The number of aromatic hydroxyl groups is 2. The molecule has 0 spiro atoms. The Morgan fingerprint density at radius 3 is 1.56 bits per heavy atom. The van der Waals surface area contributed by atoms with Gasteiger partial charge in [0.1, 0.15) is 5.75 Å². The maximum Gasteiger partial charge on any atom is 0.387 e. The number of nitro benzene ring substituents is 4. The number of hydrogen-bond acceptors (Lipinski definition) is 10. The van der Waals surface area contributed by atoms with Crippen molar-refractivity contribution in [1.29, 1.82) is 0 Å². The predicted octanol–water partition coefficient (Wildman–Crippen LogP) is 2.73. The van der Waals surface area contributed by atoms with Crippen LogP contribution in [-0.2, 0) is 0 Å². The van der Waals surface area contributed by atoms with Crippen LogP contribution in [0.25, 0.3) is 0 Å². The first-order valence-corrected chi connectivity index (χ1v) is 6.71. The lowest BCUT2D eigenvalue weighted by molar-refractivity contribution is -0.423. The van der Waals surface area contributed by atoms with E-state index in [0.29, 0.717) is 0 Å². The highest BCUT2D eigenvalue weighted by molar-refractivity contribution is 5.62. The Hall–Kier alpha value is -4.36. The van der Waals surface area contributed by atoms with E-state index in [1.54, 1.807) is 0 Å². The van der Waals surface area contributed by atoms with Crippen LogP contribution in [0.15, 0.2) is 30.3 Å². The van der Waals surface area contributed by atoms with E-state index in [-0.39, 0.29) is 11.3 Å². The summed E-state index contributed by atoms with van der Waals surface area (Å²) in [6, 6.07) is 5.10. The lowest BCUT2D eigenvalue weighted by atomic mass is 10.1. The fraction of sp³-hybridized carbons (Fsp3) is 0.0769. The number of rotatable bonds is 4. The first-order chi connectivity index (χ1) is 12.5. The molecule has 0 aliphatic heterocycles. The smallest absolute Gasteiger partial charge is 0.387 e. The average Bonchev–Trinajstić information content (AvgIpc) is 2.56. The first-order valence-electron chi connectivity index (χ1n) is 6.71. The molecule has 0 saturated heterocycles. The van der Waals surface area contributed by atoms with Gasteiger partial charge in [-0.05, 0) is 19.1 Å². The molecular weight excluding hydrogens is 372 g/mol. The van der Waals surface area contributed by atoms with Crippen molar-refractivity contribution in [1.82, 2.24) is 0 Å². The summed E-state index contributed by atoms with van der Waals surface area (Å²) in [6.07, 6.45) is 0. The van der Waals surface area contributed by atoms with Crippen LogP contribution in [0.4, 0.5) is 22.7 Å². The van der Waals surface area contributed by atoms with Gasteiger partial charge in [-0.1, -0.05) is 6.07 Å². The molecule has 0 aliphatic rings. The zero-order valence-corrected chi connectivity index (χ0v) is 13.3. The molecule has 0 unspecified atom stereocenters. The van der Waals surface area contributed by atoms with Gasteiger partial charge in [0.05, 0.1) is 25.3 Å².